The summed E-state index contributed by atoms with van der Waals surface area (Å²) in [4.78, 5) is 10.5. The molecule has 0 aliphatic carbocycles. The van der Waals surface area contributed by atoms with Crippen LogP contribution < -0.4 is 5.32 Å². The topological polar surface area (TPSA) is 47.6 Å². The highest BCUT2D eigenvalue weighted by molar-refractivity contribution is 5.82. The molecule has 1 heterocycles. The molecule has 1 amide bonds. The number of carbonyl (C=O) groups is 1. The number of hydrogen-bond acceptors (Lipinski definition) is 3. The van der Waals surface area contributed by atoms with E-state index in [0.29, 0.717) is 13.2 Å². The van der Waals surface area contributed by atoms with Gasteiger partial charge < -0.3 is 14.8 Å². The van der Waals surface area contributed by atoms with E-state index in [2.05, 4.69) is 0 Å². The zero-order valence-electron chi connectivity index (χ0n) is 8.58. The molecule has 0 aromatic carbocycles. The first kappa shape index (κ1) is 13.0. The van der Waals surface area contributed by atoms with Gasteiger partial charge in [-0.3, -0.25) is 4.79 Å². The summed E-state index contributed by atoms with van der Waals surface area (Å²) in [6.07, 6.45) is -2.54. The SMILES string of the molecule is C[C@@H](/C=C/C1OCCO1)NC(=O)C(F)(F)F. The van der Waals surface area contributed by atoms with Crippen molar-refractivity contribution in [2.45, 2.75) is 25.4 Å². The van der Waals surface area contributed by atoms with E-state index >= 15 is 0 Å². The van der Waals surface area contributed by atoms with Gasteiger partial charge in [-0.2, -0.15) is 13.2 Å². The largest absolute Gasteiger partial charge is 0.471 e. The minimum Gasteiger partial charge on any atom is -0.347 e. The number of hydrogen-bond donors (Lipinski definition) is 1. The van der Waals surface area contributed by atoms with Crippen molar-refractivity contribution in [3.8, 4) is 0 Å². The first-order chi connectivity index (χ1) is 7.39. The minimum atomic E-state index is -4.86. The standard InChI is InChI=1S/C9H12F3NO3/c1-6(13-8(14)9(10,11)12)2-3-7-15-4-5-16-7/h2-3,6-7H,4-5H2,1H3,(H,13,14)/b3-2+/t6-/m0/s1. The van der Waals surface area contributed by atoms with Gasteiger partial charge in [0.1, 0.15) is 0 Å². The lowest BCUT2D eigenvalue weighted by atomic mass is 10.3. The number of carbonyl (C=O) groups excluding carboxylic acids is 1. The van der Waals surface area contributed by atoms with Crippen molar-refractivity contribution >= 4 is 5.91 Å². The van der Waals surface area contributed by atoms with Gasteiger partial charge in [-0.1, -0.05) is 6.08 Å². The number of ether oxygens (including phenoxy) is 2. The number of halogens is 3. The monoisotopic (exact) mass is 239 g/mol. The van der Waals surface area contributed by atoms with E-state index in [1.807, 2.05) is 0 Å². The summed E-state index contributed by atoms with van der Waals surface area (Å²) in [6, 6.07) is -0.734. The number of rotatable bonds is 3. The molecule has 0 spiro atoms. The molecule has 1 aliphatic heterocycles. The summed E-state index contributed by atoms with van der Waals surface area (Å²) >= 11 is 0. The van der Waals surface area contributed by atoms with Gasteiger partial charge in [0.2, 0.25) is 0 Å². The average Bonchev–Trinajstić information content (AvgIpc) is 2.65. The number of nitrogens with one attached hydrogen (secondary N) is 1. The molecule has 0 unspecified atom stereocenters. The van der Waals surface area contributed by atoms with Crippen molar-refractivity contribution in [3.63, 3.8) is 0 Å². The van der Waals surface area contributed by atoms with Gasteiger partial charge in [0, 0.05) is 6.04 Å². The lowest BCUT2D eigenvalue weighted by Gasteiger charge is -2.12. The maximum Gasteiger partial charge on any atom is 0.471 e. The smallest absolute Gasteiger partial charge is 0.347 e. The molecular formula is C9H12F3NO3. The van der Waals surface area contributed by atoms with Crippen molar-refractivity contribution in [3.05, 3.63) is 12.2 Å². The summed E-state index contributed by atoms with van der Waals surface area (Å²) in [6.45, 7) is 2.34. The van der Waals surface area contributed by atoms with Crippen molar-refractivity contribution in [2.75, 3.05) is 13.2 Å². The minimum absolute atomic E-state index is 0.457. The van der Waals surface area contributed by atoms with E-state index < -0.39 is 24.4 Å². The van der Waals surface area contributed by atoms with Crippen molar-refractivity contribution in [2.24, 2.45) is 0 Å². The first-order valence-electron chi connectivity index (χ1n) is 4.69. The van der Waals surface area contributed by atoms with Crippen LogP contribution in [0.4, 0.5) is 13.2 Å². The van der Waals surface area contributed by atoms with E-state index in [1.54, 1.807) is 5.32 Å². The number of alkyl halides is 3. The molecule has 1 saturated heterocycles. The van der Waals surface area contributed by atoms with E-state index in [1.165, 1.54) is 19.1 Å². The summed E-state index contributed by atoms with van der Waals surface area (Å²) in [5.74, 6) is -1.96. The fourth-order valence-corrected chi connectivity index (χ4v) is 1.08. The van der Waals surface area contributed by atoms with Crippen molar-refractivity contribution in [1.29, 1.82) is 0 Å². The first-order valence-corrected chi connectivity index (χ1v) is 4.69. The second kappa shape index (κ2) is 5.31. The van der Waals surface area contributed by atoms with Crippen molar-refractivity contribution in [1.82, 2.24) is 5.32 Å². The molecule has 4 nitrogen and oxygen atoms in total. The maximum atomic E-state index is 11.9. The summed E-state index contributed by atoms with van der Waals surface area (Å²) in [5, 5.41) is 1.78. The third-order valence-electron chi connectivity index (χ3n) is 1.82. The summed E-state index contributed by atoms with van der Waals surface area (Å²) < 4.78 is 45.7. The van der Waals surface area contributed by atoms with Crippen LogP contribution in [0.5, 0.6) is 0 Å². The Labute approximate surface area is 90.4 Å². The fourth-order valence-electron chi connectivity index (χ4n) is 1.08. The highest BCUT2D eigenvalue weighted by Crippen LogP contribution is 2.14. The van der Waals surface area contributed by atoms with E-state index in [-0.39, 0.29) is 0 Å². The van der Waals surface area contributed by atoms with Gasteiger partial charge in [-0.05, 0) is 13.0 Å². The Morgan fingerprint density at radius 2 is 2.00 bits per heavy atom. The van der Waals surface area contributed by atoms with Gasteiger partial charge >= 0.3 is 12.1 Å². The molecule has 1 fully saturated rings. The average molecular weight is 239 g/mol. The Morgan fingerprint density at radius 3 is 2.50 bits per heavy atom. The highest BCUT2D eigenvalue weighted by atomic mass is 19.4. The molecule has 0 aromatic heterocycles. The Hall–Kier alpha value is -1.08. The van der Waals surface area contributed by atoms with E-state index in [9.17, 15) is 18.0 Å². The predicted molar refractivity (Wildman–Crippen MR) is 48.5 cm³/mol. The van der Waals surface area contributed by atoms with Gasteiger partial charge in [-0.15, -0.1) is 0 Å². The second-order valence-corrected chi connectivity index (χ2v) is 3.25. The van der Waals surface area contributed by atoms with Gasteiger partial charge in [0.25, 0.3) is 0 Å². The van der Waals surface area contributed by atoms with Gasteiger partial charge in [0.15, 0.2) is 6.29 Å². The third-order valence-corrected chi connectivity index (χ3v) is 1.82. The Morgan fingerprint density at radius 1 is 1.44 bits per heavy atom. The Balaban J connectivity index is 2.35. The van der Waals surface area contributed by atoms with Crippen LogP contribution >= 0.6 is 0 Å². The molecule has 92 valence electrons. The van der Waals surface area contributed by atoms with Crippen LogP contribution in [0.2, 0.25) is 0 Å². The van der Waals surface area contributed by atoms with Crippen LogP contribution in [0.1, 0.15) is 6.92 Å². The van der Waals surface area contributed by atoms with Crippen LogP contribution in [0.25, 0.3) is 0 Å². The van der Waals surface area contributed by atoms with Gasteiger partial charge in [0.05, 0.1) is 13.2 Å². The quantitative estimate of drug-likeness (QED) is 0.747. The Bertz CT molecular complexity index is 272. The summed E-state index contributed by atoms with van der Waals surface area (Å²) in [7, 11) is 0. The highest BCUT2D eigenvalue weighted by Gasteiger charge is 2.38. The third kappa shape index (κ3) is 4.19. The molecule has 1 rings (SSSR count). The van der Waals surface area contributed by atoms with Crippen LogP contribution in [0, 0.1) is 0 Å². The molecule has 1 aliphatic rings. The molecule has 7 heteroatoms. The van der Waals surface area contributed by atoms with E-state index in [0.717, 1.165) is 0 Å². The van der Waals surface area contributed by atoms with Crippen molar-refractivity contribution < 1.29 is 27.4 Å². The second-order valence-electron chi connectivity index (χ2n) is 3.25. The molecule has 0 saturated carbocycles. The zero-order chi connectivity index (χ0) is 12.2. The molecule has 1 N–H and O–H groups in total. The maximum absolute atomic E-state index is 11.9. The Kier molecular flexibility index (Phi) is 4.31. The van der Waals surface area contributed by atoms with Crippen LogP contribution in [-0.4, -0.2) is 37.6 Å². The summed E-state index contributed by atoms with van der Waals surface area (Å²) in [5.41, 5.74) is 0. The molecule has 0 radical (unpaired) electrons. The fraction of sp³-hybridized carbons (Fsp3) is 0.667. The molecule has 1 atom stereocenters. The van der Waals surface area contributed by atoms with Gasteiger partial charge in [-0.25, -0.2) is 0 Å². The molecular weight excluding hydrogens is 227 g/mol. The van der Waals surface area contributed by atoms with E-state index in [4.69, 9.17) is 9.47 Å². The lowest BCUT2D eigenvalue weighted by molar-refractivity contribution is -0.173. The molecule has 0 bridgehead atoms. The molecule has 16 heavy (non-hydrogen) atoms. The zero-order valence-corrected chi connectivity index (χ0v) is 8.58. The van der Waals surface area contributed by atoms with Crippen LogP contribution in [0.3, 0.4) is 0 Å². The van der Waals surface area contributed by atoms with Crippen LogP contribution in [0.15, 0.2) is 12.2 Å². The predicted octanol–water partition coefficient (Wildman–Crippen LogP) is 0.982. The number of amides is 1. The normalized spacial score (nSPS) is 20.2. The van der Waals surface area contributed by atoms with Crippen LogP contribution in [-0.2, 0) is 14.3 Å². The molecule has 0 aromatic rings. The lowest BCUT2D eigenvalue weighted by Crippen LogP contribution is -2.41.